The van der Waals surface area contributed by atoms with Crippen molar-refractivity contribution >= 4 is 0 Å². The van der Waals surface area contributed by atoms with Crippen LogP contribution in [0.3, 0.4) is 0 Å². The Hall–Kier alpha value is -6.45. The van der Waals surface area contributed by atoms with Crippen molar-refractivity contribution in [2.45, 2.75) is 26.2 Å². The van der Waals surface area contributed by atoms with Gasteiger partial charge in [-0.3, -0.25) is 4.98 Å². The molecule has 3 heteroatoms. The molecule has 1 unspecified atom stereocenters. The van der Waals surface area contributed by atoms with Crippen LogP contribution in [-0.2, 0) is 5.41 Å². The molecule has 9 rings (SSSR count). The molecule has 3 nitrogen and oxygen atoms in total. The van der Waals surface area contributed by atoms with E-state index in [1.807, 2.05) is 26.1 Å². The Morgan fingerprint density at radius 3 is 1.79 bits per heavy atom. The van der Waals surface area contributed by atoms with E-state index >= 15 is 0 Å². The van der Waals surface area contributed by atoms with E-state index in [4.69, 9.17) is 15.0 Å². The molecule has 0 aliphatic heterocycles. The summed E-state index contributed by atoms with van der Waals surface area (Å²) in [5, 5.41) is 0. The maximum Gasteiger partial charge on any atom is 0.159 e. The van der Waals surface area contributed by atoms with E-state index in [2.05, 4.69) is 165 Å². The highest BCUT2D eigenvalue weighted by Gasteiger charge is 2.46. The maximum absolute atomic E-state index is 4.84. The first kappa shape index (κ1) is 31.5. The van der Waals surface area contributed by atoms with Crippen LogP contribution in [0.25, 0.3) is 55.9 Å². The van der Waals surface area contributed by atoms with Gasteiger partial charge in [-0.2, -0.15) is 0 Å². The van der Waals surface area contributed by atoms with Gasteiger partial charge in [0, 0.05) is 34.4 Å². The third-order valence-electron chi connectivity index (χ3n) is 10.4. The number of benzene rings is 6. The molecule has 0 fully saturated rings. The molecule has 248 valence electrons. The molecule has 8 aromatic rings. The number of nitrogens with zero attached hydrogens (tertiary/aromatic N) is 3. The van der Waals surface area contributed by atoms with Gasteiger partial charge in [0.15, 0.2) is 5.82 Å². The zero-order chi connectivity index (χ0) is 35.2. The van der Waals surface area contributed by atoms with Gasteiger partial charge in [-0.25, -0.2) is 9.97 Å². The number of aromatic nitrogens is 3. The van der Waals surface area contributed by atoms with Gasteiger partial charge in [0.2, 0.25) is 0 Å². The van der Waals surface area contributed by atoms with Crippen molar-refractivity contribution in [3.63, 3.8) is 0 Å². The Morgan fingerprint density at radius 1 is 0.365 bits per heavy atom. The molecule has 6 aromatic carbocycles. The van der Waals surface area contributed by atoms with Crippen molar-refractivity contribution in [1.29, 1.82) is 0 Å². The number of rotatable bonds is 6. The number of aryl methyl sites for hydroxylation is 3. The van der Waals surface area contributed by atoms with E-state index in [9.17, 15) is 0 Å². The van der Waals surface area contributed by atoms with E-state index in [0.717, 1.165) is 39.6 Å². The number of hydrogen-bond acceptors (Lipinski definition) is 3. The van der Waals surface area contributed by atoms with Crippen molar-refractivity contribution in [3.05, 3.63) is 209 Å². The Balaban J connectivity index is 1.22. The van der Waals surface area contributed by atoms with Crippen molar-refractivity contribution in [1.82, 2.24) is 15.0 Å². The quantitative estimate of drug-likeness (QED) is 0.177. The average molecular weight is 668 g/mol. The molecule has 0 saturated heterocycles. The predicted octanol–water partition coefficient (Wildman–Crippen LogP) is 11.8. The molecular formula is C49H37N3. The fourth-order valence-electron chi connectivity index (χ4n) is 8.20. The van der Waals surface area contributed by atoms with Crippen molar-refractivity contribution in [2.24, 2.45) is 0 Å². The van der Waals surface area contributed by atoms with Gasteiger partial charge < -0.3 is 0 Å². The van der Waals surface area contributed by atoms with E-state index in [-0.39, 0.29) is 0 Å². The summed E-state index contributed by atoms with van der Waals surface area (Å²) >= 11 is 0. The first-order chi connectivity index (χ1) is 25.5. The lowest BCUT2D eigenvalue weighted by Gasteiger charge is -2.34. The summed E-state index contributed by atoms with van der Waals surface area (Å²) in [6.07, 6.45) is 2.02. The van der Waals surface area contributed by atoms with E-state index in [1.54, 1.807) is 0 Å². The summed E-state index contributed by atoms with van der Waals surface area (Å²) in [5.74, 6) is 0.753. The maximum atomic E-state index is 4.84. The largest absolute Gasteiger partial charge is 0.261 e. The van der Waals surface area contributed by atoms with Gasteiger partial charge in [0.05, 0.1) is 5.41 Å². The minimum absolute atomic E-state index is 0.527. The van der Waals surface area contributed by atoms with Crippen LogP contribution in [0, 0.1) is 20.8 Å². The lowest BCUT2D eigenvalue weighted by Crippen LogP contribution is -2.28. The topological polar surface area (TPSA) is 38.7 Å². The zero-order valence-electron chi connectivity index (χ0n) is 29.5. The molecule has 1 aliphatic carbocycles. The molecule has 0 radical (unpaired) electrons. The molecule has 1 aliphatic rings. The highest BCUT2D eigenvalue weighted by molar-refractivity contribution is 5.90. The molecule has 1 atom stereocenters. The first-order valence-corrected chi connectivity index (χ1v) is 17.8. The van der Waals surface area contributed by atoms with Crippen LogP contribution >= 0.6 is 0 Å². The van der Waals surface area contributed by atoms with Gasteiger partial charge in [-0.05, 0) is 112 Å². The third kappa shape index (κ3) is 5.25. The van der Waals surface area contributed by atoms with Crippen molar-refractivity contribution in [3.8, 4) is 55.9 Å². The van der Waals surface area contributed by atoms with E-state index in [0.29, 0.717) is 0 Å². The lowest BCUT2D eigenvalue weighted by molar-refractivity contribution is 0.768. The van der Waals surface area contributed by atoms with Crippen LogP contribution in [0.2, 0.25) is 0 Å². The summed E-state index contributed by atoms with van der Waals surface area (Å²) in [5.41, 5.74) is 17.9. The molecule has 0 amide bonds. The molecule has 0 spiro atoms. The van der Waals surface area contributed by atoms with E-state index in [1.165, 1.54) is 55.6 Å². The Kier molecular flexibility index (Phi) is 7.70. The lowest BCUT2D eigenvalue weighted by atomic mass is 9.67. The van der Waals surface area contributed by atoms with Gasteiger partial charge >= 0.3 is 0 Å². The number of hydrogen-bond donors (Lipinski definition) is 0. The van der Waals surface area contributed by atoms with Crippen molar-refractivity contribution in [2.75, 3.05) is 0 Å². The van der Waals surface area contributed by atoms with Gasteiger partial charge in [-0.15, -0.1) is 0 Å². The summed E-state index contributed by atoms with van der Waals surface area (Å²) in [7, 11) is 0. The SMILES string of the molecule is Cc1cc(-c2ccccc2)c(-c2cccc(-c3ccc4c(c3)-c3ccccc3C4(c3ccccc3)c3cccc(-c4nc(C)cc(C)n4)c3)c2)cn1. The normalized spacial score (nSPS) is 14.5. The minimum Gasteiger partial charge on any atom is -0.261 e. The highest BCUT2D eigenvalue weighted by atomic mass is 14.9. The Bertz CT molecular complexity index is 2590. The fraction of sp³-hybridized carbons (Fsp3) is 0.0816. The second-order valence-corrected chi connectivity index (χ2v) is 13.8. The van der Waals surface area contributed by atoms with Crippen LogP contribution < -0.4 is 0 Å². The summed E-state index contributed by atoms with van der Waals surface area (Å²) in [6.45, 7) is 6.12. The van der Waals surface area contributed by atoms with Gasteiger partial charge in [0.25, 0.3) is 0 Å². The molecule has 0 saturated carbocycles. The third-order valence-corrected chi connectivity index (χ3v) is 10.4. The molecular weight excluding hydrogens is 631 g/mol. The fourth-order valence-corrected chi connectivity index (χ4v) is 8.20. The summed E-state index contributed by atoms with van der Waals surface area (Å²) in [4.78, 5) is 14.4. The molecule has 52 heavy (non-hydrogen) atoms. The second-order valence-electron chi connectivity index (χ2n) is 13.8. The van der Waals surface area contributed by atoms with Crippen LogP contribution in [-0.4, -0.2) is 15.0 Å². The second kappa shape index (κ2) is 12.7. The van der Waals surface area contributed by atoms with Crippen LogP contribution in [0.15, 0.2) is 170 Å². The smallest absolute Gasteiger partial charge is 0.159 e. The predicted molar refractivity (Wildman–Crippen MR) is 213 cm³/mol. The van der Waals surface area contributed by atoms with Crippen LogP contribution in [0.1, 0.15) is 39.3 Å². The van der Waals surface area contributed by atoms with Gasteiger partial charge in [0.1, 0.15) is 0 Å². The average Bonchev–Trinajstić information content (AvgIpc) is 3.49. The summed E-state index contributed by atoms with van der Waals surface area (Å²) < 4.78 is 0. The van der Waals surface area contributed by atoms with Gasteiger partial charge in [-0.1, -0.05) is 133 Å². The standard InChI is InChI=1S/C49H37N3/c1-32-27-43(35-14-6-4-7-15-35)45(31-50-32)38-17-12-16-36(28-38)37-24-25-47-44(30-37)42-22-10-11-23-46(42)49(47,40-19-8-5-9-20-40)41-21-13-18-39(29-41)48-51-33(2)26-34(3)52-48/h4-31H,1-3H3. The Morgan fingerprint density at radius 2 is 0.981 bits per heavy atom. The zero-order valence-corrected chi connectivity index (χ0v) is 29.5. The number of pyridine rings is 1. The molecule has 0 N–H and O–H groups in total. The monoisotopic (exact) mass is 667 g/mol. The summed E-state index contributed by atoms with van der Waals surface area (Å²) in [6, 6.07) is 59.4. The minimum atomic E-state index is -0.527. The molecule has 2 heterocycles. The highest BCUT2D eigenvalue weighted by Crippen LogP contribution is 2.57. The molecule has 2 aromatic heterocycles. The van der Waals surface area contributed by atoms with Crippen LogP contribution in [0.5, 0.6) is 0 Å². The molecule has 0 bridgehead atoms. The van der Waals surface area contributed by atoms with Crippen molar-refractivity contribution < 1.29 is 0 Å². The van der Waals surface area contributed by atoms with E-state index < -0.39 is 5.41 Å². The first-order valence-electron chi connectivity index (χ1n) is 17.8. The van der Waals surface area contributed by atoms with Crippen LogP contribution in [0.4, 0.5) is 0 Å². The number of fused-ring (bicyclic) bond motifs is 3. The Labute approximate surface area is 305 Å².